The monoisotopic (exact) mass is 299 g/mol. The highest BCUT2D eigenvalue weighted by molar-refractivity contribution is 7.90. The summed E-state index contributed by atoms with van der Waals surface area (Å²) in [5.41, 5.74) is -0.314. The number of hydrogen-bond acceptors (Lipinski definition) is 5. The summed E-state index contributed by atoms with van der Waals surface area (Å²) in [6.07, 6.45) is 2.02. The van der Waals surface area contributed by atoms with Gasteiger partial charge in [-0.1, -0.05) is 19.1 Å². The molecule has 1 N–H and O–H groups in total. The maximum atomic E-state index is 12.0. The Bertz CT molecular complexity index is 565. The van der Waals surface area contributed by atoms with Crippen LogP contribution in [0.2, 0.25) is 0 Å². The van der Waals surface area contributed by atoms with E-state index in [4.69, 9.17) is 4.74 Å². The van der Waals surface area contributed by atoms with Gasteiger partial charge in [-0.2, -0.15) is 0 Å². The van der Waals surface area contributed by atoms with Crippen molar-refractivity contribution in [1.82, 2.24) is 5.32 Å². The minimum absolute atomic E-state index is 0.226. The Morgan fingerprint density at radius 3 is 2.25 bits per heavy atom. The number of methoxy groups -OCH3 is 1. The van der Waals surface area contributed by atoms with Crippen molar-refractivity contribution in [3.63, 3.8) is 0 Å². The van der Waals surface area contributed by atoms with Crippen LogP contribution in [-0.4, -0.2) is 34.3 Å². The van der Waals surface area contributed by atoms with Gasteiger partial charge in [0.15, 0.2) is 9.84 Å². The van der Waals surface area contributed by atoms with Crippen LogP contribution in [-0.2, 0) is 24.9 Å². The molecule has 1 unspecified atom stereocenters. The summed E-state index contributed by atoms with van der Waals surface area (Å²) >= 11 is 0. The number of carbonyl (C=O) groups is 1. The van der Waals surface area contributed by atoms with Crippen molar-refractivity contribution < 1.29 is 17.9 Å². The maximum absolute atomic E-state index is 12.0. The number of benzene rings is 1. The van der Waals surface area contributed by atoms with Gasteiger partial charge >= 0.3 is 5.97 Å². The number of nitrogens with one attached hydrogen (secondary N) is 1. The van der Waals surface area contributed by atoms with Gasteiger partial charge in [-0.05, 0) is 37.6 Å². The van der Waals surface area contributed by atoms with Gasteiger partial charge in [-0.25, -0.2) is 13.2 Å². The van der Waals surface area contributed by atoms with E-state index >= 15 is 0 Å². The Kier molecular flexibility index (Phi) is 5.30. The van der Waals surface area contributed by atoms with Crippen molar-refractivity contribution in [2.24, 2.45) is 0 Å². The zero-order valence-corrected chi connectivity index (χ0v) is 13.1. The molecule has 6 heteroatoms. The summed E-state index contributed by atoms with van der Waals surface area (Å²) in [5.74, 6) is -0.405. The molecule has 0 amide bonds. The molecule has 1 aromatic rings. The molecular weight excluding hydrogens is 278 g/mol. The van der Waals surface area contributed by atoms with Crippen molar-refractivity contribution in [1.29, 1.82) is 0 Å². The van der Waals surface area contributed by atoms with E-state index in [1.807, 2.05) is 6.92 Å². The minimum Gasteiger partial charge on any atom is -0.467 e. The third kappa shape index (κ3) is 3.58. The summed E-state index contributed by atoms with van der Waals surface area (Å²) in [6.45, 7) is 4.38. The van der Waals surface area contributed by atoms with E-state index in [2.05, 4.69) is 5.32 Å². The first-order chi connectivity index (χ1) is 9.25. The lowest BCUT2D eigenvalue weighted by Gasteiger charge is -2.28. The number of carbonyl (C=O) groups excluding carboxylic acids is 1. The van der Waals surface area contributed by atoms with Gasteiger partial charge < -0.3 is 4.74 Å². The molecule has 0 aliphatic heterocycles. The number of esters is 1. The van der Waals surface area contributed by atoms with Gasteiger partial charge in [-0.3, -0.25) is 5.32 Å². The fraction of sp³-hybridized carbons (Fsp3) is 0.500. The van der Waals surface area contributed by atoms with Crippen LogP contribution in [0, 0.1) is 0 Å². The second-order valence-electron chi connectivity index (χ2n) is 4.84. The number of hydrogen-bond donors (Lipinski definition) is 1. The van der Waals surface area contributed by atoms with Crippen LogP contribution in [0.1, 0.15) is 25.8 Å². The minimum atomic E-state index is -3.24. The molecule has 112 valence electrons. The van der Waals surface area contributed by atoms with E-state index in [1.165, 1.54) is 19.2 Å². The molecular formula is C14H21NO4S. The van der Waals surface area contributed by atoms with Crippen LogP contribution in [0.5, 0.6) is 0 Å². The Morgan fingerprint density at radius 2 is 1.85 bits per heavy atom. The van der Waals surface area contributed by atoms with E-state index in [0.29, 0.717) is 12.1 Å². The van der Waals surface area contributed by atoms with E-state index < -0.39 is 21.3 Å². The van der Waals surface area contributed by atoms with Crippen molar-refractivity contribution in [3.05, 3.63) is 29.8 Å². The Hall–Kier alpha value is -1.40. The van der Waals surface area contributed by atoms with Gasteiger partial charge in [0.25, 0.3) is 0 Å². The predicted molar refractivity (Wildman–Crippen MR) is 77.2 cm³/mol. The van der Waals surface area contributed by atoms with Crippen molar-refractivity contribution in [2.45, 2.75) is 30.7 Å². The van der Waals surface area contributed by atoms with Gasteiger partial charge in [-0.15, -0.1) is 0 Å². The summed E-state index contributed by atoms with van der Waals surface area (Å²) in [6, 6.07) is 6.27. The number of sulfone groups is 1. The fourth-order valence-electron chi connectivity index (χ4n) is 1.91. The molecule has 0 aliphatic carbocycles. The third-order valence-electron chi connectivity index (χ3n) is 3.18. The van der Waals surface area contributed by atoms with Gasteiger partial charge in [0.2, 0.25) is 0 Å². The maximum Gasteiger partial charge on any atom is 0.330 e. The SMILES string of the molecule is CCCNC(C)(C(=O)OC)c1ccc(S(C)(=O)=O)cc1. The zero-order chi connectivity index (χ0) is 15.4. The number of ether oxygens (including phenoxy) is 1. The molecule has 0 spiro atoms. The quantitative estimate of drug-likeness (QED) is 0.806. The first-order valence-electron chi connectivity index (χ1n) is 6.39. The third-order valence-corrected chi connectivity index (χ3v) is 4.31. The lowest BCUT2D eigenvalue weighted by molar-refractivity contribution is -0.148. The van der Waals surface area contributed by atoms with Gasteiger partial charge in [0, 0.05) is 6.26 Å². The van der Waals surface area contributed by atoms with Crippen molar-refractivity contribution in [3.8, 4) is 0 Å². The van der Waals surface area contributed by atoms with Crippen LogP contribution in [0.3, 0.4) is 0 Å². The lowest BCUT2D eigenvalue weighted by atomic mass is 9.92. The van der Waals surface area contributed by atoms with Crippen LogP contribution in [0.4, 0.5) is 0 Å². The molecule has 0 bridgehead atoms. The highest BCUT2D eigenvalue weighted by Gasteiger charge is 2.35. The van der Waals surface area contributed by atoms with Crippen LogP contribution < -0.4 is 5.32 Å². The highest BCUT2D eigenvalue weighted by atomic mass is 32.2. The Balaban J connectivity index is 3.18. The summed E-state index contributed by atoms with van der Waals surface area (Å²) < 4.78 is 27.7. The van der Waals surface area contributed by atoms with E-state index in [0.717, 1.165) is 12.7 Å². The van der Waals surface area contributed by atoms with Crippen molar-refractivity contribution in [2.75, 3.05) is 19.9 Å². The highest BCUT2D eigenvalue weighted by Crippen LogP contribution is 2.24. The smallest absolute Gasteiger partial charge is 0.330 e. The molecule has 1 aromatic carbocycles. The molecule has 1 atom stereocenters. The van der Waals surface area contributed by atoms with Gasteiger partial charge in [0.1, 0.15) is 5.54 Å². The molecule has 0 radical (unpaired) electrons. The van der Waals surface area contributed by atoms with E-state index in [9.17, 15) is 13.2 Å². The molecule has 20 heavy (non-hydrogen) atoms. The second kappa shape index (κ2) is 6.37. The summed E-state index contributed by atoms with van der Waals surface area (Å²) in [4.78, 5) is 12.2. The fourth-order valence-corrected chi connectivity index (χ4v) is 2.54. The zero-order valence-electron chi connectivity index (χ0n) is 12.3. The summed E-state index contributed by atoms with van der Waals surface area (Å²) in [5, 5.41) is 3.15. The Labute approximate surface area is 120 Å². The van der Waals surface area contributed by atoms with Gasteiger partial charge in [0.05, 0.1) is 12.0 Å². The normalized spacial score (nSPS) is 14.6. The van der Waals surface area contributed by atoms with Crippen molar-refractivity contribution >= 4 is 15.8 Å². The molecule has 0 saturated carbocycles. The molecule has 1 rings (SSSR count). The predicted octanol–water partition coefficient (Wildman–Crippen LogP) is 1.48. The molecule has 0 aromatic heterocycles. The first kappa shape index (κ1) is 16.7. The average Bonchev–Trinajstić information content (AvgIpc) is 2.43. The summed E-state index contributed by atoms with van der Waals surface area (Å²) in [7, 11) is -1.91. The van der Waals surface area contributed by atoms with Crippen LogP contribution >= 0.6 is 0 Å². The Morgan fingerprint density at radius 1 is 1.30 bits per heavy atom. The largest absolute Gasteiger partial charge is 0.467 e. The molecule has 0 fully saturated rings. The molecule has 0 heterocycles. The topological polar surface area (TPSA) is 72.5 Å². The van der Waals surface area contributed by atoms with E-state index in [-0.39, 0.29) is 4.90 Å². The average molecular weight is 299 g/mol. The molecule has 0 aliphatic rings. The standard InChI is InChI=1S/C14H21NO4S/c1-5-10-15-14(2,13(16)19-3)11-6-8-12(9-7-11)20(4,17)18/h6-9,15H,5,10H2,1-4H3. The number of rotatable bonds is 6. The van der Waals surface area contributed by atoms with E-state index in [1.54, 1.807) is 19.1 Å². The lowest BCUT2D eigenvalue weighted by Crippen LogP contribution is -2.47. The van der Waals surface area contributed by atoms with Crippen LogP contribution in [0.25, 0.3) is 0 Å². The molecule has 5 nitrogen and oxygen atoms in total. The second-order valence-corrected chi connectivity index (χ2v) is 6.86. The molecule has 0 saturated heterocycles. The first-order valence-corrected chi connectivity index (χ1v) is 8.29. The van der Waals surface area contributed by atoms with Crippen LogP contribution in [0.15, 0.2) is 29.2 Å².